The number of fused-ring (bicyclic) bond motifs is 1. The standard InChI is InChI=1S/C12H10N4O/c13-11-9(12(17)16-15-11)5-7-6-14-10-4-2-1-3-8(7)10/h1-6H,(H4,13,15,16,17)/b7-5-. The van der Waals surface area contributed by atoms with Gasteiger partial charge in [-0.25, -0.2) is 0 Å². The minimum atomic E-state index is -0.229. The molecule has 5 heteroatoms. The third-order valence-electron chi connectivity index (χ3n) is 2.70. The molecule has 1 aromatic heterocycles. The molecule has 0 radical (unpaired) electrons. The molecule has 1 aliphatic rings. The Bertz CT molecular complexity index is 691. The Balaban J connectivity index is 2.15. The number of para-hydroxylation sites is 1. The van der Waals surface area contributed by atoms with E-state index in [1.54, 1.807) is 12.3 Å². The van der Waals surface area contributed by atoms with Crippen LogP contribution in [0.15, 0.2) is 34.1 Å². The number of rotatable bonds is 1. The van der Waals surface area contributed by atoms with E-state index in [0.717, 1.165) is 16.8 Å². The van der Waals surface area contributed by atoms with Crippen LogP contribution in [0.2, 0.25) is 0 Å². The fourth-order valence-electron chi connectivity index (χ4n) is 1.83. The van der Waals surface area contributed by atoms with E-state index in [9.17, 15) is 4.79 Å². The summed E-state index contributed by atoms with van der Waals surface area (Å²) >= 11 is 0. The molecule has 0 aliphatic carbocycles. The van der Waals surface area contributed by atoms with Crippen LogP contribution >= 0.6 is 0 Å². The smallest absolute Gasteiger partial charge is 0.273 e. The van der Waals surface area contributed by atoms with E-state index < -0.39 is 0 Å². The van der Waals surface area contributed by atoms with Crippen LogP contribution in [0.1, 0.15) is 11.1 Å². The second-order valence-electron chi connectivity index (χ2n) is 3.78. The minimum absolute atomic E-state index is 0.229. The molecular weight excluding hydrogens is 216 g/mol. The molecule has 4 N–H and O–H groups in total. The van der Waals surface area contributed by atoms with Gasteiger partial charge in [0.2, 0.25) is 0 Å². The molecule has 0 atom stereocenters. The Kier molecular flexibility index (Phi) is 1.98. The molecule has 17 heavy (non-hydrogen) atoms. The van der Waals surface area contributed by atoms with E-state index in [0.29, 0.717) is 11.4 Å². The van der Waals surface area contributed by atoms with Crippen LogP contribution in [0.5, 0.6) is 0 Å². The van der Waals surface area contributed by atoms with Gasteiger partial charge in [0.15, 0.2) is 0 Å². The lowest BCUT2D eigenvalue weighted by atomic mass is 10.1. The Morgan fingerprint density at radius 1 is 1.24 bits per heavy atom. The molecule has 0 bridgehead atoms. The van der Waals surface area contributed by atoms with Gasteiger partial charge in [0.25, 0.3) is 5.56 Å². The van der Waals surface area contributed by atoms with Crippen LogP contribution in [0, 0.1) is 0 Å². The monoisotopic (exact) mass is 226 g/mol. The van der Waals surface area contributed by atoms with Crippen molar-refractivity contribution < 1.29 is 0 Å². The number of nitrogens with two attached hydrogens (primary N) is 1. The lowest BCUT2D eigenvalue weighted by Gasteiger charge is -1.97. The Morgan fingerprint density at radius 3 is 2.82 bits per heavy atom. The number of aliphatic imine (C=N–C) groups is 1. The molecule has 0 spiro atoms. The maximum absolute atomic E-state index is 11.5. The van der Waals surface area contributed by atoms with E-state index in [-0.39, 0.29) is 5.56 Å². The van der Waals surface area contributed by atoms with Crippen molar-refractivity contribution in [3.8, 4) is 0 Å². The van der Waals surface area contributed by atoms with E-state index in [4.69, 9.17) is 5.73 Å². The average molecular weight is 226 g/mol. The number of anilines is 1. The second-order valence-corrected chi connectivity index (χ2v) is 3.78. The first-order valence-electron chi connectivity index (χ1n) is 5.17. The van der Waals surface area contributed by atoms with Gasteiger partial charge >= 0.3 is 0 Å². The molecule has 2 heterocycles. The van der Waals surface area contributed by atoms with Gasteiger partial charge in [0.1, 0.15) is 5.82 Å². The first-order valence-corrected chi connectivity index (χ1v) is 5.17. The highest BCUT2D eigenvalue weighted by molar-refractivity contribution is 6.21. The van der Waals surface area contributed by atoms with Crippen molar-refractivity contribution in [1.82, 2.24) is 10.2 Å². The van der Waals surface area contributed by atoms with Crippen LogP contribution in [-0.2, 0) is 0 Å². The van der Waals surface area contributed by atoms with Gasteiger partial charge in [-0.05, 0) is 12.1 Å². The SMILES string of the molecule is Nc1[nH][nH]c(=O)c1/C=C1/C=Nc2ccccc21. The summed E-state index contributed by atoms with van der Waals surface area (Å²) < 4.78 is 0. The minimum Gasteiger partial charge on any atom is -0.384 e. The predicted octanol–water partition coefficient (Wildman–Crippen LogP) is 1.54. The highest BCUT2D eigenvalue weighted by atomic mass is 16.1. The van der Waals surface area contributed by atoms with Crippen LogP contribution in [-0.4, -0.2) is 16.4 Å². The fraction of sp³-hybridized carbons (Fsp3) is 0. The largest absolute Gasteiger partial charge is 0.384 e. The van der Waals surface area contributed by atoms with E-state index in [2.05, 4.69) is 15.2 Å². The molecule has 1 aromatic carbocycles. The van der Waals surface area contributed by atoms with Crippen LogP contribution in [0.4, 0.5) is 11.5 Å². The molecule has 5 nitrogen and oxygen atoms in total. The normalized spacial score (nSPS) is 15.4. The average Bonchev–Trinajstić information content (AvgIpc) is 2.88. The summed E-state index contributed by atoms with van der Waals surface area (Å²) in [5, 5.41) is 5.03. The third-order valence-corrected chi connectivity index (χ3v) is 2.70. The summed E-state index contributed by atoms with van der Waals surface area (Å²) in [5.74, 6) is 0.334. The molecule has 2 aromatic rings. The van der Waals surface area contributed by atoms with Crippen molar-refractivity contribution >= 4 is 29.4 Å². The van der Waals surface area contributed by atoms with Gasteiger partial charge in [-0.2, -0.15) is 0 Å². The maximum Gasteiger partial charge on any atom is 0.273 e. The molecule has 1 aliphatic heterocycles. The molecule has 0 fully saturated rings. The Labute approximate surface area is 96.7 Å². The number of H-pyrrole nitrogens is 2. The molecule has 84 valence electrons. The number of aromatic amines is 2. The van der Waals surface area contributed by atoms with Crippen LogP contribution in [0.25, 0.3) is 11.6 Å². The topological polar surface area (TPSA) is 87.0 Å². The van der Waals surface area contributed by atoms with E-state index in [1.807, 2.05) is 24.3 Å². The third kappa shape index (κ3) is 1.48. The van der Waals surface area contributed by atoms with Crippen molar-refractivity contribution in [2.24, 2.45) is 4.99 Å². The number of hydrogen-bond acceptors (Lipinski definition) is 3. The van der Waals surface area contributed by atoms with Crippen molar-refractivity contribution in [1.29, 1.82) is 0 Å². The van der Waals surface area contributed by atoms with Crippen LogP contribution in [0.3, 0.4) is 0 Å². The van der Waals surface area contributed by atoms with Crippen molar-refractivity contribution in [2.45, 2.75) is 0 Å². The van der Waals surface area contributed by atoms with Gasteiger partial charge in [0.05, 0.1) is 11.3 Å². The van der Waals surface area contributed by atoms with Crippen molar-refractivity contribution in [2.75, 3.05) is 5.73 Å². The quantitative estimate of drug-likeness (QED) is 0.688. The van der Waals surface area contributed by atoms with Gasteiger partial charge in [-0.15, -0.1) is 0 Å². The molecule has 0 unspecified atom stereocenters. The first kappa shape index (κ1) is 9.65. The number of nitrogen functional groups attached to an aromatic ring is 1. The summed E-state index contributed by atoms with van der Waals surface area (Å²) in [6.45, 7) is 0. The fourth-order valence-corrected chi connectivity index (χ4v) is 1.83. The first-order chi connectivity index (χ1) is 8.25. The Morgan fingerprint density at radius 2 is 2.06 bits per heavy atom. The van der Waals surface area contributed by atoms with Crippen LogP contribution < -0.4 is 11.3 Å². The summed E-state index contributed by atoms with van der Waals surface area (Å²) in [6, 6.07) is 7.76. The summed E-state index contributed by atoms with van der Waals surface area (Å²) in [6.07, 6.45) is 3.47. The maximum atomic E-state index is 11.5. The molecular formula is C12H10N4O. The van der Waals surface area contributed by atoms with Gasteiger partial charge in [-0.1, -0.05) is 18.2 Å². The highest BCUT2D eigenvalue weighted by Crippen LogP contribution is 2.31. The number of aromatic nitrogens is 2. The van der Waals surface area contributed by atoms with E-state index in [1.165, 1.54) is 0 Å². The van der Waals surface area contributed by atoms with Crippen molar-refractivity contribution in [3.63, 3.8) is 0 Å². The Hall–Kier alpha value is -2.56. The van der Waals surface area contributed by atoms with Gasteiger partial charge < -0.3 is 5.73 Å². The molecule has 0 saturated heterocycles. The number of allylic oxidation sites excluding steroid dienone is 1. The highest BCUT2D eigenvalue weighted by Gasteiger charge is 2.13. The zero-order valence-corrected chi connectivity index (χ0v) is 8.90. The van der Waals surface area contributed by atoms with E-state index >= 15 is 0 Å². The molecule has 0 saturated carbocycles. The zero-order valence-electron chi connectivity index (χ0n) is 8.90. The summed E-state index contributed by atoms with van der Waals surface area (Å²) in [7, 11) is 0. The number of nitrogens with zero attached hydrogens (tertiary/aromatic N) is 1. The number of benzene rings is 1. The number of hydrogen-bond donors (Lipinski definition) is 3. The van der Waals surface area contributed by atoms with Gasteiger partial charge in [0, 0.05) is 17.4 Å². The lowest BCUT2D eigenvalue weighted by Crippen LogP contribution is -2.02. The summed E-state index contributed by atoms with van der Waals surface area (Å²) in [5.41, 5.74) is 8.67. The zero-order chi connectivity index (χ0) is 11.8. The van der Waals surface area contributed by atoms with Gasteiger partial charge in [-0.3, -0.25) is 20.0 Å². The second kappa shape index (κ2) is 3.48. The van der Waals surface area contributed by atoms with Crippen molar-refractivity contribution in [3.05, 3.63) is 45.7 Å². The lowest BCUT2D eigenvalue weighted by molar-refractivity contribution is 1.06. The molecule has 0 amide bonds. The summed E-state index contributed by atoms with van der Waals surface area (Å²) in [4.78, 5) is 15.7. The molecule has 3 rings (SSSR count). The predicted molar refractivity (Wildman–Crippen MR) is 68.3 cm³/mol. The number of nitrogens with one attached hydrogen (secondary N) is 2.